The highest BCUT2D eigenvalue weighted by molar-refractivity contribution is 5.96. The molecule has 9 nitrogen and oxygen atoms in total. The van der Waals surface area contributed by atoms with Crippen molar-refractivity contribution in [2.45, 2.75) is 51.6 Å². The van der Waals surface area contributed by atoms with E-state index in [4.69, 9.17) is 12.2 Å². The smallest absolute Gasteiger partial charge is 0.271 e. The average Bonchev–Trinajstić information content (AvgIpc) is 3.28. The highest BCUT2D eigenvalue weighted by Crippen LogP contribution is 2.36. The zero-order valence-electron chi connectivity index (χ0n) is 16.0. The molecule has 146 valence electrons. The minimum Gasteiger partial charge on any atom is -0.364 e. The molecule has 0 fully saturated rings. The molecule has 0 saturated carbocycles. The van der Waals surface area contributed by atoms with Gasteiger partial charge in [0.15, 0.2) is 17.0 Å². The molecular formula is C19H23N7O2. The molecule has 0 aromatic carbocycles. The maximum Gasteiger partial charge on any atom is 0.271 e. The first kappa shape index (κ1) is 19.5. The van der Waals surface area contributed by atoms with Crippen molar-refractivity contribution in [1.29, 1.82) is 0 Å². The Labute approximate surface area is 162 Å². The van der Waals surface area contributed by atoms with Gasteiger partial charge in [0.1, 0.15) is 6.33 Å². The number of fused-ring (bicyclic) bond motifs is 1. The lowest BCUT2D eigenvalue weighted by Crippen LogP contribution is -2.28. The second kappa shape index (κ2) is 7.76. The number of nitrogens with two attached hydrogens (primary N) is 1. The maximum atomic E-state index is 12.2. The van der Waals surface area contributed by atoms with E-state index in [0.29, 0.717) is 37.9 Å². The number of amides is 2. The Morgan fingerprint density at radius 1 is 1.32 bits per heavy atom. The van der Waals surface area contributed by atoms with Gasteiger partial charge in [-0.3, -0.25) is 14.0 Å². The van der Waals surface area contributed by atoms with E-state index in [9.17, 15) is 9.59 Å². The molecule has 3 heterocycles. The number of imidazole rings is 1. The first-order chi connectivity index (χ1) is 13.4. The van der Waals surface area contributed by atoms with Crippen LogP contribution in [-0.2, 0) is 11.2 Å². The van der Waals surface area contributed by atoms with E-state index in [0.717, 1.165) is 23.4 Å². The van der Waals surface area contributed by atoms with Gasteiger partial charge in [0.25, 0.3) is 5.91 Å². The number of nitrogens with one attached hydrogen (secondary N) is 1. The van der Waals surface area contributed by atoms with E-state index in [2.05, 4.69) is 31.4 Å². The van der Waals surface area contributed by atoms with E-state index >= 15 is 0 Å². The highest BCUT2D eigenvalue weighted by atomic mass is 16.2. The van der Waals surface area contributed by atoms with Crippen LogP contribution >= 0.6 is 0 Å². The molecular weight excluding hydrogens is 358 g/mol. The third-order valence-corrected chi connectivity index (χ3v) is 4.99. The van der Waals surface area contributed by atoms with Crippen molar-refractivity contribution >= 4 is 17.5 Å². The molecule has 1 aliphatic rings. The minimum absolute atomic E-state index is 0.0462. The molecule has 9 heteroatoms. The van der Waals surface area contributed by atoms with Gasteiger partial charge in [0.05, 0.1) is 0 Å². The quantitative estimate of drug-likeness (QED) is 0.637. The van der Waals surface area contributed by atoms with Crippen LogP contribution < -0.4 is 11.1 Å². The van der Waals surface area contributed by atoms with Crippen LogP contribution in [0.1, 0.15) is 53.1 Å². The largest absolute Gasteiger partial charge is 0.364 e. The molecule has 3 N–H and O–H groups in total. The zero-order valence-corrected chi connectivity index (χ0v) is 16.0. The Hall–Kier alpha value is -3.28. The van der Waals surface area contributed by atoms with Gasteiger partial charge in [-0.25, -0.2) is 9.97 Å². The van der Waals surface area contributed by atoms with Gasteiger partial charge < -0.3 is 11.1 Å². The second-order valence-corrected chi connectivity index (χ2v) is 6.90. The van der Waals surface area contributed by atoms with Gasteiger partial charge in [0.2, 0.25) is 5.91 Å². The summed E-state index contributed by atoms with van der Waals surface area (Å²) in [6, 6.07) is 0. The normalized spacial score (nSPS) is 14.0. The molecule has 0 aliphatic carbocycles. The van der Waals surface area contributed by atoms with Gasteiger partial charge in [-0.2, -0.15) is 10.2 Å². The van der Waals surface area contributed by atoms with Crippen LogP contribution in [0.5, 0.6) is 0 Å². The molecule has 0 saturated heterocycles. The third-order valence-electron chi connectivity index (χ3n) is 4.99. The van der Waals surface area contributed by atoms with Crippen LogP contribution in [0.15, 0.2) is 16.6 Å². The van der Waals surface area contributed by atoms with Crippen molar-refractivity contribution in [3.8, 4) is 12.3 Å². The number of aryl methyl sites for hydroxylation is 2. The van der Waals surface area contributed by atoms with E-state index in [1.165, 1.54) is 6.33 Å². The maximum absolute atomic E-state index is 12.2. The number of aromatic nitrogens is 3. The molecule has 2 aromatic heterocycles. The van der Waals surface area contributed by atoms with Crippen LogP contribution in [0.25, 0.3) is 5.65 Å². The summed E-state index contributed by atoms with van der Waals surface area (Å²) in [7, 11) is 0. The van der Waals surface area contributed by atoms with E-state index in [1.54, 1.807) is 4.40 Å². The van der Waals surface area contributed by atoms with Crippen LogP contribution in [0.2, 0.25) is 0 Å². The van der Waals surface area contributed by atoms with E-state index in [-0.39, 0.29) is 17.3 Å². The fraction of sp³-hybridized carbons (Fsp3) is 0.474. The average molecular weight is 381 g/mol. The standard InChI is InChI=1S/C19H23N7O2/c1-4-5-8-19(24-25-19)9-10-21-15(27)7-6-14-12(2)23-18-16(17(20)28)22-11-26(18)13(14)3/h1,11H,5-10H2,2-3H3,(H2,20,28)(H,21,27). The SMILES string of the molecule is C#CCCC1(CCNC(=O)CCc2c(C)nc3c(C(N)=O)ncn3c2C)N=N1. The van der Waals surface area contributed by atoms with Gasteiger partial charge in [-0.1, -0.05) is 0 Å². The van der Waals surface area contributed by atoms with Crippen molar-refractivity contribution in [1.82, 2.24) is 19.7 Å². The zero-order chi connectivity index (χ0) is 20.3. The molecule has 0 bridgehead atoms. The molecule has 1 aliphatic heterocycles. The van der Waals surface area contributed by atoms with Crippen LogP contribution in [-0.4, -0.2) is 38.4 Å². The molecule has 0 unspecified atom stereocenters. The fourth-order valence-corrected chi connectivity index (χ4v) is 3.26. The Kier molecular flexibility index (Phi) is 5.40. The van der Waals surface area contributed by atoms with E-state index in [1.807, 2.05) is 13.8 Å². The summed E-state index contributed by atoms with van der Waals surface area (Å²) in [5.41, 5.74) is 8.12. The molecule has 2 amide bonds. The molecule has 3 rings (SSSR count). The van der Waals surface area contributed by atoms with Crippen LogP contribution in [0.3, 0.4) is 0 Å². The highest BCUT2D eigenvalue weighted by Gasteiger charge is 2.38. The Balaban J connectivity index is 1.57. The van der Waals surface area contributed by atoms with E-state index < -0.39 is 5.91 Å². The van der Waals surface area contributed by atoms with Crippen molar-refractivity contribution in [3.63, 3.8) is 0 Å². The molecule has 2 aromatic rings. The lowest BCUT2D eigenvalue weighted by Gasteiger charge is -2.12. The second-order valence-electron chi connectivity index (χ2n) is 6.90. The Morgan fingerprint density at radius 2 is 2.07 bits per heavy atom. The van der Waals surface area contributed by atoms with Gasteiger partial charge in [-0.15, -0.1) is 12.3 Å². The van der Waals surface area contributed by atoms with Crippen molar-refractivity contribution < 1.29 is 9.59 Å². The summed E-state index contributed by atoms with van der Waals surface area (Å²) in [5, 5.41) is 11.0. The molecule has 0 spiro atoms. The molecule has 0 radical (unpaired) electrons. The molecule has 28 heavy (non-hydrogen) atoms. The Morgan fingerprint density at radius 3 is 2.71 bits per heavy atom. The monoisotopic (exact) mass is 381 g/mol. The lowest BCUT2D eigenvalue weighted by atomic mass is 10.0. The molecule has 0 atom stereocenters. The number of rotatable bonds is 9. The predicted octanol–water partition coefficient (Wildman–Crippen LogP) is 1.46. The number of nitrogens with zero attached hydrogens (tertiary/aromatic N) is 5. The summed E-state index contributed by atoms with van der Waals surface area (Å²) in [4.78, 5) is 32.2. The number of hydrogen-bond donors (Lipinski definition) is 2. The summed E-state index contributed by atoms with van der Waals surface area (Å²) in [5.74, 6) is 1.93. The third kappa shape index (κ3) is 4.01. The number of hydrogen-bond acceptors (Lipinski definition) is 6. The van der Waals surface area contributed by atoms with Crippen LogP contribution in [0, 0.1) is 26.2 Å². The number of carbonyl (C=O) groups excluding carboxylic acids is 2. The number of carbonyl (C=O) groups is 2. The fourth-order valence-electron chi connectivity index (χ4n) is 3.26. The lowest BCUT2D eigenvalue weighted by molar-refractivity contribution is -0.121. The first-order valence-electron chi connectivity index (χ1n) is 9.14. The first-order valence-corrected chi connectivity index (χ1v) is 9.14. The van der Waals surface area contributed by atoms with Crippen molar-refractivity contribution in [3.05, 3.63) is 29.0 Å². The van der Waals surface area contributed by atoms with Crippen molar-refractivity contribution in [2.75, 3.05) is 6.54 Å². The van der Waals surface area contributed by atoms with Crippen molar-refractivity contribution in [2.24, 2.45) is 16.0 Å². The minimum atomic E-state index is -0.616. The number of primary amides is 1. The summed E-state index contributed by atoms with van der Waals surface area (Å²) in [6.45, 7) is 4.27. The topological polar surface area (TPSA) is 127 Å². The van der Waals surface area contributed by atoms with Gasteiger partial charge in [-0.05, 0) is 25.8 Å². The predicted molar refractivity (Wildman–Crippen MR) is 103 cm³/mol. The van der Waals surface area contributed by atoms with Crippen LogP contribution in [0.4, 0.5) is 0 Å². The summed E-state index contributed by atoms with van der Waals surface area (Å²) >= 11 is 0. The Bertz CT molecular complexity index is 994. The van der Waals surface area contributed by atoms with Gasteiger partial charge >= 0.3 is 0 Å². The van der Waals surface area contributed by atoms with Gasteiger partial charge in [0, 0.05) is 43.6 Å². The summed E-state index contributed by atoms with van der Waals surface area (Å²) < 4.78 is 1.73. The number of terminal acetylenes is 1. The summed E-state index contributed by atoms with van der Waals surface area (Å²) in [6.07, 6.45) is 9.68.